The summed E-state index contributed by atoms with van der Waals surface area (Å²) in [6, 6.07) is 1.52. The Morgan fingerprint density at radius 2 is 1.89 bits per heavy atom. The van der Waals surface area contributed by atoms with Crippen molar-refractivity contribution < 1.29 is 31.5 Å². The topological polar surface area (TPSA) is 96.0 Å². The van der Waals surface area contributed by atoms with Crippen LogP contribution < -0.4 is 10.1 Å². The van der Waals surface area contributed by atoms with E-state index in [4.69, 9.17) is 4.74 Å². The predicted molar refractivity (Wildman–Crippen MR) is 132 cm³/mol. The Kier molecular flexibility index (Phi) is 8.34. The Morgan fingerprint density at radius 1 is 1.22 bits per heavy atom. The SMILES string of the molecule is CC[C@@H](C)C(=O)N[C@H](C(=O)N1CC[C@@H]2[C@H]1[C@@H](COc1ccc(F)c(F)c1)CN2S(C)(=O)=O)C(C)(C)C. The molecule has 2 heterocycles. The molecule has 0 unspecified atom stereocenters. The summed E-state index contributed by atoms with van der Waals surface area (Å²) in [5, 5.41) is 2.92. The van der Waals surface area contributed by atoms with Crippen LogP contribution in [0.25, 0.3) is 0 Å². The van der Waals surface area contributed by atoms with Gasteiger partial charge >= 0.3 is 0 Å². The van der Waals surface area contributed by atoms with Gasteiger partial charge < -0.3 is 15.0 Å². The van der Waals surface area contributed by atoms with E-state index < -0.39 is 51.1 Å². The number of benzene rings is 1. The minimum atomic E-state index is -3.56. The van der Waals surface area contributed by atoms with E-state index in [9.17, 15) is 26.8 Å². The lowest BCUT2D eigenvalue weighted by atomic mass is 9.84. The van der Waals surface area contributed by atoms with Gasteiger partial charge in [-0.05, 0) is 30.4 Å². The number of amides is 2. The van der Waals surface area contributed by atoms with Crippen molar-refractivity contribution in [1.82, 2.24) is 14.5 Å². The molecule has 8 nitrogen and oxygen atoms in total. The van der Waals surface area contributed by atoms with Crippen molar-refractivity contribution in [1.29, 1.82) is 0 Å². The molecule has 3 rings (SSSR count). The molecule has 0 spiro atoms. The maximum Gasteiger partial charge on any atom is 0.246 e. The molecular weight excluding hydrogens is 492 g/mol. The second-order valence-corrected chi connectivity index (χ2v) is 12.9. The van der Waals surface area contributed by atoms with Crippen LogP contribution in [-0.2, 0) is 19.6 Å². The number of hydrogen-bond donors (Lipinski definition) is 1. The molecule has 1 aromatic rings. The van der Waals surface area contributed by atoms with Crippen LogP contribution in [0.1, 0.15) is 47.5 Å². The molecule has 2 amide bonds. The van der Waals surface area contributed by atoms with Crippen molar-refractivity contribution in [2.75, 3.05) is 26.0 Å². The highest BCUT2D eigenvalue weighted by Crippen LogP contribution is 2.39. The summed E-state index contributed by atoms with van der Waals surface area (Å²) in [6.07, 6.45) is 2.23. The number of fused-ring (bicyclic) bond motifs is 1. The van der Waals surface area contributed by atoms with E-state index in [1.54, 1.807) is 11.8 Å². The van der Waals surface area contributed by atoms with Crippen molar-refractivity contribution in [2.45, 2.75) is 65.6 Å². The number of carbonyl (C=O) groups is 2. The second kappa shape index (κ2) is 10.6. The van der Waals surface area contributed by atoms with Gasteiger partial charge in [0.1, 0.15) is 11.8 Å². The first-order valence-electron chi connectivity index (χ1n) is 12.3. The quantitative estimate of drug-likeness (QED) is 0.559. The molecule has 0 saturated carbocycles. The van der Waals surface area contributed by atoms with E-state index in [0.717, 1.165) is 18.4 Å². The van der Waals surface area contributed by atoms with Gasteiger partial charge in [-0.3, -0.25) is 9.59 Å². The molecule has 0 bridgehead atoms. The Labute approximate surface area is 212 Å². The minimum Gasteiger partial charge on any atom is -0.493 e. The maximum atomic E-state index is 13.9. The smallest absolute Gasteiger partial charge is 0.246 e. The zero-order chi connectivity index (χ0) is 27.0. The summed E-state index contributed by atoms with van der Waals surface area (Å²) in [7, 11) is -3.56. The van der Waals surface area contributed by atoms with Crippen molar-refractivity contribution in [3.8, 4) is 5.75 Å². The highest BCUT2D eigenvalue weighted by Gasteiger charge is 2.54. The van der Waals surface area contributed by atoms with Gasteiger partial charge in [0.15, 0.2) is 11.6 Å². The number of carbonyl (C=O) groups excluding carboxylic acids is 2. The number of hydrogen-bond acceptors (Lipinski definition) is 5. The van der Waals surface area contributed by atoms with Crippen LogP contribution in [0, 0.1) is 28.9 Å². The second-order valence-electron chi connectivity index (χ2n) is 11.0. The number of rotatable bonds is 8. The number of ether oxygens (including phenoxy) is 1. The van der Waals surface area contributed by atoms with E-state index in [0.29, 0.717) is 19.4 Å². The fourth-order valence-corrected chi connectivity index (χ4v) is 6.18. The lowest BCUT2D eigenvalue weighted by Gasteiger charge is -2.37. The van der Waals surface area contributed by atoms with Gasteiger partial charge in [0, 0.05) is 37.0 Å². The summed E-state index contributed by atoms with van der Waals surface area (Å²) in [4.78, 5) is 28.2. The molecule has 0 radical (unpaired) electrons. The van der Waals surface area contributed by atoms with Gasteiger partial charge in [-0.25, -0.2) is 17.2 Å². The fraction of sp³-hybridized carbons (Fsp3) is 0.680. The zero-order valence-electron chi connectivity index (χ0n) is 21.8. The first-order chi connectivity index (χ1) is 16.6. The lowest BCUT2D eigenvalue weighted by molar-refractivity contribution is -0.141. The number of halogens is 2. The van der Waals surface area contributed by atoms with E-state index in [2.05, 4.69) is 5.32 Å². The molecule has 11 heteroatoms. The number of nitrogens with one attached hydrogen (secondary N) is 1. The first-order valence-corrected chi connectivity index (χ1v) is 14.2. The number of nitrogens with zero attached hydrogens (tertiary/aromatic N) is 2. The summed E-state index contributed by atoms with van der Waals surface area (Å²) in [6.45, 7) is 9.83. The van der Waals surface area contributed by atoms with Gasteiger partial charge in [0.25, 0.3) is 0 Å². The Morgan fingerprint density at radius 3 is 2.44 bits per heavy atom. The highest BCUT2D eigenvalue weighted by atomic mass is 32.2. The molecule has 0 aromatic heterocycles. The lowest BCUT2D eigenvalue weighted by Crippen LogP contribution is -2.58. The summed E-state index contributed by atoms with van der Waals surface area (Å²) in [5.41, 5.74) is -0.578. The van der Waals surface area contributed by atoms with Gasteiger partial charge in [0.2, 0.25) is 21.8 Å². The third kappa shape index (κ3) is 5.99. The fourth-order valence-electron chi connectivity index (χ4n) is 5.00. The average Bonchev–Trinajstić information content (AvgIpc) is 3.36. The largest absolute Gasteiger partial charge is 0.493 e. The molecular formula is C25H37F2N3O5S. The molecule has 2 fully saturated rings. The van der Waals surface area contributed by atoms with Gasteiger partial charge in [0.05, 0.1) is 18.9 Å². The monoisotopic (exact) mass is 529 g/mol. The van der Waals surface area contributed by atoms with Gasteiger partial charge in [-0.15, -0.1) is 0 Å². The van der Waals surface area contributed by atoms with E-state index in [1.165, 1.54) is 10.4 Å². The third-order valence-corrected chi connectivity index (χ3v) is 8.48. The molecule has 202 valence electrons. The van der Waals surface area contributed by atoms with Crippen LogP contribution in [0.4, 0.5) is 8.78 Å². The van der Waals surface area contributed by atoms with Gasteiger partial charge in [-0.1, -0.05) is 34.6 Å². The minimum absolute atomic E-state index is 0.0153. The van der Waals surface area contributed by atoms with E-state index >= 15 is 0 Å². The summed E-state index contributed by atoms with van der Waals surface area (Å²) in [5.74, 6) is -3.03. The molecule has 2 saturated heterocycles. The molecule has 5 atom stereocenters. The van der Waals surface area contributed by atoms with Gasteiger partial charge in [-0.2, -0.15) is 4.31 Å². The number of sulfonamides is 1. The van der Waals surface area contributed by atoms with Crippen molar-refractivity contribution >= 4 is 21.8 Å². The Bertz CT molecular complexity index is 1090. The van der Waals surface area contributed by atoms with E-state index in [-0.39, 0.29) is 36.6 Å². The Balaban J connectivity index is 1.87. The summed E-state index contributed by atoms with van der Waals surface area (Å²) >= 11 is 0. The van der Waals surface area contributed by atoms with Crippen LogP contribution in [0.2, 0.25) is 0 Å². The highest BCUT2D eigenvalue weighted by molar-refractivity contribution is 7.88. The normalized spacial score (nSPS) is 24.3. The van der Waals surface area contributed by atoms with Crippen LogP contribution >= 0.6 is 0 Å². The summed E-state index contributed by atoms with van der Waals surface area (Å²) < 4.78 is 59.1. The standard InChI is InChI=1S/C25H37F2N3O5S/c1-7-15(2)23(31)28-22(25(3,4)5)24(32)29-11-10-20-21(29)16(13-30(20)36(6,33)34)14-35-17-8-9-18(26)19(27)12-17/h8-9,12,15-16,20-22H,7,10-11,13-14H2,1-6H3,(H,28,31)/t15-,16-,20-,21-,22-/m1/s1. The first kappa shape index (κ1) is 28.3. The van der Waals surface area contributed by atoms with E-state index in [1.807, 2.05) is 27.7 Å². The maximum absolute atomic E-state index is 13.9. The van der Waals surface area contributed by atoms with Crippen molar-refractivity contribution in [3.63, 3.8) is 0 Å². The third-order valence-electron chi connectivity index (χ3n) is 7.21. The molecule has 2 aliphatic heterocycles. The van der Waals surface area contributed by atoms with Crippen LogP contribution in [0.3, 0.4) is 0 Å². The molecule has 36 heavy (non-hydrogen) atoms. The Hall–Kier alpha value is -2.27. The molecule has 1 N–H and O–H groups in total. The average molecular weight is 530 g/mol. The van der Waals surface area contributed by atoms with Crippen LogP contribution in [-0.4, -0.2) is 73.5 Å². The van der Waals surface area contributed by atoms with Crippen LogP contribution in [0.5, 0.6) is 5.75 Å². The number of likely N-dealkylation sites (tertiary alicyclic amines) is 1. The van der Waals surface area contributed by atoms with Crippen LogP contribution in [0.15, 0.2) is 18.2 Å². The predicted octanol–water partition coefficient (Wildman–Crippen LogP) is 2.78. The molecule has 0 aliphatic carbocycles. The van der Waals surface area contributed by atoms with Crippen molar-refractivity contribution in [3.05, 3.63) is 29.8 Å². The molecule has 2 aliphatic rings. The molecule has 1 aromatic carbocycles. The van der Waals surface area contributed by atoms with Crippen molar-refractivity contribution in [2.24, 2.45) is 17.3 Å². The zero-order valence-corrected chi connectivity index (χ0v) is 22.6.